The van der Waals surface area contributed by atoms with Crippen LogP contribution < -0.4 is 10.6 Å². The van der Waals surface area contributed by atoms with Gasteiger partial charge in [0.05, 0.1) is 0 Å². The second-order valence-electron chi connectivity index (χ2n) is 6.32. The Labute approximate surface area is 142 Å². The molecule has 2 aliphatic rings. The van der Waals surface area contributed by atoms with Crippen LogP contribution in [0.15, 0.2) is 54.6 Å². The smallest absolute Gasteiger partial charge is 0.316 e. The Morgan fingerprint density at radius 1 is 1.00 bits per heavy atom. The molecule has 2 aliphatic heterocycles. The molecule has 0 saturated carbocycles. The maximum absolute atomic E-state index is 12.5. The predicted octanol–water partition coefficient (Wildman–Crippen LogP) is 3.61. The Hall–Kier alpha value is -2.59. The van der Waals surface area contributed by atoms with E-state index in [9.17, 15) is 4.79 Å². The molecule has 0 spiro atoms. The van der Waals surface area contributed by atoms with Crippen LogP contribution in [-0.4, -0.2) is 24.0 Å². The Bertz CT molecular complexity index is 755. The van der Waals surface area contributed by atoms with Crippen molar-refractivity contribution in [2.45, 2.75) is 19.5 Å². The molecule has 2 amide bonds. The molecular weight excluding hydrogens is 298 g/mol. The monoisotopic (exact) mass is 319 g/mol. The summed E-state index contributed by atoms with van der Waals surface area (Å²) >= 11 is 0. The van der Waals surface area contributed by atoms with Crippen molar-refractivity contribution in [3.05, 3.63) is 71.3 Å². The summed E-state index contributed by atoms with van der Waals surface area (Å²) in [6.45, 7) is 3.32. The second-order valence-corrected chi connectivity index (χ2v) is 6.32. The van der Waals surface area contributed by atoms with Gasteiger partial charge in [0.25, 0.3) is 0 Å². The standard InChI is InChI=1S/C20H21N3O/c24-20(23-13-17-3-1-2-4-18(17)14-23)22-19-7-5-15(6-8-19)16-9-11-21-12-10-16/h1-9,21H,10-14H2,(H,22,24). The van der Waals surface area contributed by atoms with E-state index in [1.54, 1.807) is 0 Å². The van der Waals surface area contributed by atoms with Crippen LogP contribution in [0.5, 0.6) is 0 Å². The summed E-state index contributed by atoms with van der Waals surface area (Å²) in [7, 11) is 0. The highest BCUT2D eigenvalue weighted by molar-refractivity contribution is 5.90. The summed E-state index contributed by atoms with van der Waals surface area (Å²) in [5.74, 6) is 0. The van der Waals surface area contributed by atoms with Gasteiger partial charge in [-0.05, 0) is 47.4 Å². The number of anilines is 1. The number of nitrogens with one attached hydrogen (secondary N) is 2. The molecule has 0 bridgehead atoms. The fourth-order valence-corrected chi connectivity index (χ4v) is 3.33. The van der Waals surface area contributed by atoms with Crippen LogP contribution in [0, 0.1) is 0 Å². The lowest BCUT2D eigenvalue weighted by molar-refractivity contribution is 0.212. The van der Waals surface area contributed by atoms with E-state index in [0.29, 0.717) is 13.1 Å². The topological polar surface area (TPSA) is 44.4 Å². The maximum atomic E-state index is 12.5. The third-order valence-electron chi connectivity index (χ3n) is 4.70. The van der Waals surface area contributed by atoms with Crippen molar-refractivity contribution in [2.75, 3.05) is 18.4 Å². The molecule has 4 heteroatoms. The SMILES string of the molecule is O=C(Nc1ccc(C2=CCNCC2)cc1)N1Cc2ccccc2C1. The van der Waals surface area contributed by atoms with Gasteiger partial charge in [0.2, 0.25) is 0 Å². The molecule has 4 nitrogen and oxygen atoms in total. The predicted molar refractivity (Wildman–Crippen MR) is 96.6 cm³/mol. The number of carbonyl (C=O) groups excluding carboxylic acids is 1. The number of hydrogen-bond acceptors (Lipinski definition) is 2. The summed E-state index contributed by atoms with van der Waals surface area (Å²) in [5.41, 5.74) is 5.93. The van der Waals surface area contributed by atoms with Crippen LogP contribution in [0.1, 0.15) is 23.1 Å². The van der Waals surface area contributed by atoms with E-state index >= 15 is 0 Å². The largest absolute Gasteiger partial charge is 0.322 e. The molecule has 0 atom stereocenters. The molecule has 0 aromatic heterocycles. The number of urea groups is 1. The molecule has 24 heavy (non-hydrogen) atoms. The molecular formula is C20H21N3O. The van der Waals surface area contributed by atoms with Gasteiger partial charge in [0.1, 0.15) is 0 Å². The van der Waals surface area contributed by atoms with Crippen LogP contribution in [0.2, 0.25) is 0 Å². The van der Waals surface area contributed by atoms with E-state index in [4.69, 9.17) is 0 Å². The Morgan fingerprint density at radius 2 is 1.71 bits per heavy atom. The minimum Gasteiger partial charge on any atom is -0.316 e. The first-order valence-electron chi connectivity index (χ1n) is 8.42. The molecule has 0 fully saturated rings. The van der Waals surface area contributed by atoms with Crippen molar-refractivity contribution in [1.29, 1.82) is 0 Å². The van der Waals surface area contributed by atoms with Gasteiger partial charge in [0, 0.05) is 25.3 Å². The lowest BCUT2D eigenvalue weighted by Gasteiger charge is -2.17. The highest BCUT2D eigenvalue weighted by Gasteiger charge is 2.22. The van der Waals surface area contributed by atoms with E-state index in [-0.39, 0.29) is 6.03 Å². The van der Waals surface area contributed by atoms with E-state index in [0.717, 1.165) is 25.2 Å². The zero-order chi connectivity index (χ0) is 16.4. The average Bonchev–Trinajstić information content (AvgIpc) is 3.07. The summed E-state index contributed by atoms with van der Waals surface area (Å²) in [6, 6.07) is 16.3. The fraction of sp³-hybridized carbons (Fsp3) is 0.250. The summed E-state index contributed by atoms with van der Waals surface area (Å²) in [5, 5.41) is 6.33. The minimum atomic E-state index is -0.0416. The first kappa shape index (κ1) is 15.0. The zero-order valence-electron chi connectivity index (χ0n) is 13.6. The van der Waals surface area contributed by atoms with Gasteiger partial charge >= 0.3 is 6.03 Å². The number of fused-ring (bicyclic) bond motifs is 1. The maximum Gasteiger partial charge on any atom is 0.322 e. The van der Waals surface area contributed by atoms with Gasteiger partial charge in [0.15, 0.2) is 0 Å². The van der Waals surface area contributed by atoms with Gasteiger partial charge in [-0.15, -0.1) is 0 Å². The number of carbonyl (C=O) groups is 1. The normalized spacial score (nSPS) is 16.5. The van der Waals surface area contributed by atoms with Crippen molar-refractivity contribution in [2.24, 2.45) is 0 Å². The average molecular weight is 319 g/mol. The van der Waals surface area contributed by atoms with Crippen molar-refractivity contribution < 1.29 is 4.79 Å². The molecule has 0 radical (unpaired) electrons. The van der Waals surface area contributed by atoms with Gasteiger partial charge in [-0.3, -0.25) is 0 Å². The molecule has 2 N–H and O–H groups in total. The quantitative estimate of drug-likeness (QED) is 0.888. The Morgan fingerprint density at radius 3 is 2.33 bits per heavy atom. The van der Waals surface area contributed by atoms with Crippen LogP contribution in [0.4, 0.5) is 10.5 Å². The van der Waals surface area contributed by atoms with Crippen molar-refractivity contribution in [3.63, 3.8) is 0 Å². The molecule has 2 heterocycles. The number of amides is 2. The van der Waals surface area contributed by atoms with E-state index in [1.807, 2.05) is 29.2 Å². The first-order chi connectivity index (χ1) is 11.8. The van der Waals surface area contributed by atoms with Crippen LogP contribution >= 0.6 is 0 Å². The summed E-state index contributed by atoms with van der Waals surface area (Å²) in [6.07, 6.45) is 3.29. The van der Waals surface area contributed by atoms with E-state index in [2.05, 4.69) is 41.0 Å². The molecule has 122 valence electrons. The van der Waals surface area contributed by atoms with Crippen LogP contribution in [0.25, 0.3) is 5.57 Å². The van der Waals surface area contributed by atoms with Crippen molar-refractivity contribution >= 4 is 17.3 Å². The Kier molecular flexibility index (Phi) is 4.05. The zero-order valence-corrected chi connectivity index (χ0v) is 13.6. The molecule has 0 unspecified atom stereocenters. The van der Waals surface area contributed by atoms with Gasteiger partial charge in [-0.2, -0.15) is 0 Å². The summed E-state index contributed by atoms with van der Waals surface area (Å²) in [4.78, 5) is 14.3. The Balaban J connectivity index is 1.41. The molecule has 0 aliphatic carbocycles. The van der Waals surface area contributed by atoms with E-state index in [1.165, 1.54) is 22.3 Å². The van der Waals surface area contributed by atoms with E-state index < -0.39 is 0 Å². The minimum absolute atomic E-state index is 0.0416. The third kappa shape index (κ3) is 3.05. The highest BCUT2D eigenvalue weighted by atomic mass is 16.2. The number of hydrogen-bond donors (Lipinski definition) is 2. The fourth-order valence-electron chi connectivity index (χ4n) is 3.33. The van der Waals surface area contributed by atoms with Crippen LogP contribution in [0.3, 0.4) is 0 Å². The highest BCUT2D eigenvalue weighted by Crippen LogP contribution is 2.24. The van der Waals surface area contributed by atoms with Gasteiger partial charge < -0.3 is 15.5 Å². The van der Waals surface area contributed by atoms with Gasteiger partial charge in [-0.25, -0.2) is 4.79 Å². The molecule has 4 rings (SSSR count). The third-order valence-corrected chi connectivity index (χ3v) is 4.70. The first-order valence-corrected chi connectivity index (χ1v) is 8.42. The van der Waals surface area contributed by atoms with Crippen molar-refractivity contribution in [1.82, 2.24) is 10.2 Å². The molecule has 2 aromatic carbocycles. The van der Waals surface area contributed by atoms with Gasteiger partial charge in [-0.1, -0.05) is 42.5 Å². The molecule has 2 aromatic rings. The van der Waals surface area contributed by atoms with Crippen molar-refractivity contribution in [3.8, 4) is 0 Å². The number of rotatable bonds is 2. The lowest BCUT2D eigenvalue weighted by Crippen LogP contribution is -2.30. The van der Waals surface area contributed by atoms with Crippen LogP contribution in [-0.2, 0) is 13.1 Å². The second kappa shape index (κ2) is 6.49. The molecule has 0 saturated heterocycles. The number of nitrogens with zero attached hydrogens (tertiary/aromatic N) is 1. The lowest BCUT2D eigenvalue weighted by atomic mass is 10.0. The number of benzene rings is 2. The summed E-state index contributed by atoms with van der Waals surface area (Å²) < 4.78 is 0.